The Morgan fingerprint density at radius 1 is 1.16 bits per heavy atom. The number of aromatic hydroxyl groups is 1. The van der Waals surface area contributed by atoms with Crippen molar-refractivity contribution < 1.29 is 24.5 Å². The molecule has 3 rings (SSSR count). The molecule has 1 atom stereocenters. The number of carbonyl (C=O) groups excluding carboxylic acids is 2. The smallest absolute Gasteiger partial charge is 0.295 e. The lowest BCUT2D eigenvalue weighted by molar-refractivity contribution is -0.139. The van der Waals surface area contributed by atoms with Crippen molar-refractivity contribution in [3.63, 3.8) is 0 Å². The molecule has 31 heavy (non-hydrogen) atoms. The van der Waals surface area contributed by atoms with Crippen molar-refractivity contribution >= 4 is 17.4 Å². The van der Waals surface area contributed by atoms with Gasteiger partial charge in [0.15, 0.2) is 0 Å². The zero-order chi connectivity index (χ0) is 22.7. The first kappa shape index (κ1) is 22.4. The fraction of sp³-hybridized carbons (Fsp3) is 0.333. The summed E-state index contributed by atoms with van der Waals surface area (Å²) in [6, 6.07) is 10.8. The molecular weight excluding hydrogens is 396 g/mol. The van der Waals surface area contributed by atoms with Crippen molar-refractivity contribution in [2.24, 2.45) is 0 Å². The van der Waals surface area contributed by atoms with Crippen molar-refractivity contribution in [3.05, 3.63) is 64.7 Å². The Kier molecular flexibility index (Phi) is 6.65. The van der Waals surface area contributed by atoms with E-state index >= 15 is 0 Å². The van der Waals surface area contributed by atoms with E-state index in [0.29, 0.717) is 35.4 Å². The van der Waals surface area contributed by atoms with Crippen LogP contribution in [0.4, 0.5) is 0 Å². The highest BCUT2D eigenvalue weighted by atomic mass is 16.5. The Morgan fingerprint density at radius 2 is 1.90 bits per heavy atom. The number of rotatable bonds is 7. The first-order valence-electron chi connectivity index (χ1n) is 10.1. The topological polar surface area (TPSA) is 90.3 Å². The summed E-state index contributed by atoms with van der Waals surface area (Å²) in [5.74, 6) is -0.965. The molecule has 1 fully saturated rings. The molecule has 0 bridgehead atoms. The Bertz CT molecular complexity index is 1030. The van der Waals surface area contributed by atoms with E-state index in [1.54, 1.807) is 44.4 Å². The number of amides is 1. The van der Waals surface area contributed by atoms with Gasteiger partial charge in [-0.2, -0.15) is 0 Å². The molecule has 1 heterocycles. The molecule has 2 aromatic carbocycles. The van der Waals surface area contributed by atoms with E-state index in [1.165, 1.54) is 17.0 Å². The maximum absolute atomic E-state index is 13.0. The summed E-state index contributed by atoms with van der Waals surface area (Å²) in [4.78, 5) is 29.4. The standard InChI is InChI=1S/C24H28N2O5/c1-15-13-18(31-4)9-10-19(15)22(28)20-21(16-7-5-8-17(27)14-16)26(24(30)23(20)29)12-6-11-25(2)3/h5,7-10,13-14,21,27-28H,6,11-12H2,1-4H3/b22-20-. The van der Waals surface area contributed by atoms with E-state index in [4.69, 9.17) is 4.74 Å². The van der Waals surface area contributed by atoms with E-state index in [9.17, 15) is 19.8 Å². The highest BCUT2D eigenvalue weighted by Crippen LogP contribution is 2.40. The first-order valence-corrected chi connectivity index (χ1v) is 10.1. The van der Waals surface area contributed by atoms with E-state index < -0.39 is 17.7 Å². The quantitative estimate of drug-likeness (QED) is 0.403. The number of aliphatic hydroxyl groups is 1. The lowest BCUT2D eigenvalue weighted by atomic mass is 9.93. The maximum Gasteiger partial charge on any atom is 0.295 e. The normalized spacial score (nSPS) is 18.1. The second-order valence-electron chi connectivity index (χ2n) is 7.93. The number of carbonyl (C=O) groups is 2. The van der Waals surface area contributed by atoms with Gasteiger partial charge in [-0.25, -0.2) is 0 Å². The number of ketones is 1. The van der Waals surface area contributed by atoms with Crippen LogP contribution in [0.2, 0.25) is 0 Å². The molecule has 1 amide bonds. The van der Waals surface area contributed by atoms with Crippen LogP contribution in [0.3, 0.4) is 0 Å². The summed E-state index contributed by atoms with van der Waals surface area (Å²) in [5.41, 5.74) is 1.76. The monoisotopic (exact) mass is 424 g/mol. The Labute approximate surface area is 182 Å². The zero-order valence-electron chi connectivity index (χ0n) is 18.3. The summed E-state index contributed by atoms with van der Waals surface area (Å²) < 4.78 is 5.22. The van der Waals surface area contributed by atoms with Crippen molar-refractivity contribution in [1.82, 2.24) is 9.80 Å². The maximum atomic E-state index is 13.0. The summed E-state index contributed by atoms with van der Waals surface area (Å²) in [6.07, 6.45) is 0.664. The largest absolute Gasteiger partial charge is 0.508 e. The number of ether oxygens (including phenoxy) is 1. The molecule has 1 unspecified atom stereocenters. The van der Waals surface area contributed by atoms with E-state index in [2.05, 4.69) is 0 Å². The first-order chi connectivity index (χ1) is 14.7. The van der Waals surface area contributed by atoms with Gasteiger partial charge < -0.3 is 24.7 Å². The zero-order valence-corrected chi connectivity index (χ0v) is 18.3. The SMILES string of the molecule is COc1ccc(/C(O)=C2/C(=O)C(=O)N(CCCN(C)C)C2c2cccc(O)c2)c(C)c1. The Balaban J connectivity index is 2.12. The van der Waals surface area contributed by atoms with E-state index in [1.807, 2.05) is 19.0 Å². The second-order valence-corrected chi connectivity index (χ2v) is 7.93. The van der Waals surface area contributed by atoms with Crippen LogP contribution in [0.25, 0.3) is 5.76 Å². The van der Waals surface area contributed by atoms with Crippen LogP contribution in [0.5, 0.6) is 11.5 Å². The molecule has 1 saturated heterocycles. The highest BCUT2D eigenvalue weighted by Gasteiger charge is 2.46. The number of likely N-dealkylation sites (tertiary alicyclic amines) is 1. The third-order valence-electron chi connectivity index (χ3n) is 5.42. The van der Waals surface area contributed by atoms with Crippen LogP contribution in [-0.4, -0.2) is 66.0 Å². The number of phenolic OH excluding ortho intramolecular Hbond substituents is 1. The molecule has 0 saturated carbocycles. The van der Waals surface area contributed by atoms with Gasteiger partial charge in [-0.1, -0.05) is 12.1 Å². The summed E-state index contributed by atoms with van der Waals surface area (Å²) >= 11 is 0. The number of benzene rings is 2. The third-order valence-corrected chi connectivity index (χ3v) is 5.42. The van der Waals surface area contributed by atoms with Gasteiger partial charge in [-0.15, -0.1) is 0 Å². The predicted octanol–water partition coefficient (Wildman–Crippen LogP) is 3.08. The second kappa shape index (κ2) is 9.22. The number of hydrogen-bond acceptors (Lipinski definition) is 6. The van der Waals surface area contributed by atoms with Gasteiger partial charge in [0.2, 0.25) is 0 Å². The van der Waals surface area contributed by atoms with E-state index in [-0.39, 0.29) is 17.1 Å². The van der Waals surface area contributed by atoms with Crippen molar-refractivity contribution in [3.8, 4) is 11.5 Å². The molecule has 0 radical (unpaired) electrons. The van der Waals surface area contributed by atoms with Gasteiger partial charge >= 0.3 is 0 Å². The van der Waals surface area contributed by atoms with Gasteiger partial charge in [0, 0.05) is 12.1 Å². The van der Waals surface area contributed by atoms with Crippen LogP contribution in [0.15, 0.2) is 48.0 Å². The Hall–Kier alpha value is -3.32. The molecule has 7 heteroatoms. The molecule has 164 valence electrons. The fourth-order valence-corrected chi connectivity index (χ4v) is 3.88. The lowest BCUT2D eigenvalue weighted by Crippen LogP contribution is -2.32. The van der Waals surface area contributed by atoms with Gasteiger partial charge in [0.1, 0.15) is 17.3 Å². The molecule has 1 aliphatic rings. The minimum Gasteiger partial charge on any atom is -0.508 e. The lowest BCUT2D eigenvalue weighted by Gasteiger charge is -2.26. The fourth-order valence-electron chi connectivity index (χ4n) is 3.88. The molecule has 7 nitrogen and oxygen atoms in total. The molecule has 0 aliphatic carbocycles. The molecule has 1 aliphatic heterocycles. The van der Waals surface area contributed by atoms with Gasteiger partial charge in [-0.3, -0.25) is 9.59 Å². The van der Waals surface area contributed by atoms with Gasteiger partial charge in [0.25, 0.3) is 11.7 Å². The summed E-state index contributed by atoms with van der Waals surface area (Å²) in [6.45, 7) is 2.89. The van der Waals surface area contributed by atoms with Gasteiger partial charge in [-0.05, 0) is 75.4 Å². The van der Waals surface area contributed by atoms with Crippen molar-refractivity contribution in [2.45, 2.75) is 19.4 Å². The molecular formula is C24H28N2O5. The minimum atomic E-state index is -0.782. The molecule has 0 spiro atoms. The molecule has 2 N–H and O–H groups in total. The number of phenols is 1. The highest BCUT2D eigenvalue weighted by molar-refractivity contribution is 6.46. The summed E-state index contributed by atoms with van der Waals surface area (Å²) in [7, 11) is 5.43. The minimum absolute atomic E-state index is 0.0220. The average Bonchev–Trinajstić information content (AvgIpc) is 2.98. The van der Waals surface area contributed by atoms with Crippen LogP contribution in [-0.2, 0) is 9.59 Å². The number of methoxy groups -OCH3 is 1. The predicted molar refractivity (Wildman–Crippen MR) is 118 cm³/mol. The van der Waals surface area contributed by atoms with Crippen LogP contribution in [0.1, 0.15) is 29.2 Å². The third kappa shape index (κ3) is 4.56. The van der Waals surface area contributed by atoms with Crippen LogP contribution < -0.4 is 4.74 Å². The van der Waals surface area contributed by atoms with E-state index in [0.717, 1.165) is 6.54 Å². The van der Waals surface area contributed by atoms with Crippen LogP contribution in [0, 0.1) is 6.92 Å². The van der Waals surface area contributed by atoms with Gasteiger partial charge in [0.05, 0.1) is 18.7 Å². The summed E-state index contributed by atoms with van der Waals surface area (Å²) in [5, 5.41) is 21.2. The Morgan fingerprint density at radius 3 is 2.52 bits per heavy atom. The average molecular weight is 424 g/mol. The van der Waals surface area contributed by atoms with Crippen LogP contribution >= 0.6 is 0 Å². The molecule has 0 aromatic heterocycles. The number of hydrogen-bond donors (Lipinski definition) is 2. The number of nitrogens with zero attached hydrogens (tertiary/aromatic N) is 2. The molecule has 2 aromatic rings. The number of Topliss-reactive ketones (excluding diaryl/α,β-unsaturated/α-hetero) is 1. The van der Waals surface area contributed by atoms with Crippen molar-refractivity contribution in [2.75, 3.05) is 34.3 Å². The number of aryl methyl sites for hydroxylation is 1. The van der Waals surface area contributed by atoms with Crippen molar-refractivity contribution in [1.29, 1.82) is 0 Å². The number of aliphatic hydroxyl groups excluding tert-OH is 1.